The number of phosphoric ester groups is 1. The lowest BCUT2D eigenvalue weighted by Gasteiger charge is -2.51. The Labute approximate surface area is 158 Å². The lowest BCUT2D eigenvalue weighted by molar-refractivity contribution is 0.0692. The van der Waals surface area contributed by atoms with Crippen molar-refractivity contribution >= 4 is 7.82 Å². The van der Waals surface area contributed by atoms with Gasteiger partial charge in [-0.1, -0.05) is 11.6 Å². The molecule has 1 unspecified atom stereocenters. The third-order valence-electron chi connectivity index (χ3n) is 6.32. The van der Waals surface area contributed by atoms with Gasteiger partial charge in [-0.05, 0) is 102 Å². The minimum atomic E-state index is -3.88. The van der Waals surface area contributed by atoms with Gasteiger partial charge in [-0.15, -0.1) is 0 Å². The van der Waals surface area contributed by atoms with Crippen molar-refractivity contribution in [2.75, 3.05) is 33.9 Å². The molecule has 0 spiro atoms. The SMILES string of the molecule is CN(C)CCCOP(=O)(O)OCCCCC=C1C2CC3CC(C2)CC1C3. The maximum absolute atomic E-state index is 11.8. The number of hydrogen-bond donors (Lipinski definition) is 1. The molecule has 4 aliphatic rings. The van der Waals surface area contributed by atoms with Crippen molar-refractivity contribution in [2.24, 2.45) is 23.7 Å². The summed E-state index contributed by atoms with van der Waals surface area (Å²) < 4.78 is 21.9. The molecule has 4 bridgehead atoms. The van der Waals surface area contributed by atoms with Gasteiger partial charge in [0.1, 0.15) is 0 Å². The van der Waals surface area contributed by atoms with Crippen molar-refractivity contribution in [1.82, 2.24) is 4.90 Å². The van der Waals surface area contributed by atoms with Gasteiger partial charge in [0, 0.05) is 0 Å². The van der Waals surface area contributed by atoms with Gasteiger partial charge in [-0.2, -0.15) is 0 Å². The van der Waals surface area contributed by atoms with Gasteiger partial charge >= 0.3 is 7.82 Å². The van der Waals surface area contributed by atoms with E-state index in [9.17, 15) is 9.46 Å². The molecular formula is C20H36NO4P. The van der Waals surface area contributed by atoms with Crippen LogP contribution in [0.25, 0.3) is 0 Å². The summed E-state index contributed by atoms with van der Waals surface area (Å²) in [6.45, 7) is 1.38. The summed E-state index contributed by atoms with van der Waals surface area (Å²) in [6, 6.07) is 0. The predicted octanol–water partition coefficient (Wildman–Crippen LogP) is 4.62. The molecule has 0 aromatic heterocycles. The molecule has 4 fully saturated rings. The Kier molecular flexibility index (Phi) is 7.38. The number of hydrogen-bond acceptors (Lipinski definition) is 4. The third-order valence-corrected chi connectivity index (χ3v) is 7.34. The number of rotatable bonds is 11. The van der Waals surface area contributed by atoms with Gasteiger partial charge in [-0.25, -0.2) is 4.57 Å². The van der Waals surface area contributed by atoms with Gasteiger partial charge in [0.2, 0.25) is 0 Å². The number of unbranched alkanes of at least 4 members (excludes halogenated alkanes) is 2. The Morgan fingerprint density at radius 3 is 2.15 bits per heavy atom. The first-order valence-corrected chi connectivity index (χ1v) is 11.9. The van der Waals surface area contributed by atoms with Crippen molar-refractivity contribution in [1.29, 1.82) is 0 Å². The number of allylic oxidation sites excluding steroid dienone is 2. The zero-order valence-electron chi connectivity index (χ0n) is 16.4. The summed E-state index contributed by atoms with van der Waals surface area (Å²) in [4.78, 5) is 11.7. The van der Waals surface area contributed by atoms with Gasteiger partial charge in [-0.3, -0.25) is 9.05 Å². The largest absolute Gasteiger partial charge is 0.472 e. The third kappa shape index (κ3) is 5.90. The van der Waals surface area contributed by atoms with Crippen LogP contribution in [0.1, 0.15) is 57.8 Å². The molecule has 4 aliphatic carbocycles. The molecule has 0 aromatic carbocycles. The van der Waals surface area contributed by atoms with Crippen LogP contribution in [0.5, 0.6) is 0 Å². The predicted molar refractivity (Wildman–Crippen MR) is 104 cm³/mol. The van der Waals surface area contributed by atoms with Crippen LogP contribution in [0.4, 0.5) is 0 Å². The molecular weight excluding hydrogens is 349 g/mol. The van der Waals surface area contributed by atoms with Crippen LogP contribution in [0, 0.1) is 23.7 Å². The Hall–Kier alpha value is -0.190. The molecule has 0 heterocycles. The van der Waals surface area contributed by atoms with E-state index < -0.39 is 7.82 Å². The van der Waals surface area contributed by atoms with Gasteiger partial charge in [0.15, 0.2) is 0 Å². The Morgan fingerprint density at radius 1 is 1.00 bits per heavy atom. The molecule has 0 amide bonds. The first kappa shape index (κ1) is 20.5. The smallest absolute Gasteiger partial charge is 0.309 e. The molecule has 26 heavy (non-hydrogen) atoms. The highest BCUT2D eigenvalue weighted by Crippen LogP contribution is 2.56. The van der Waals surface area contributed by atoms with Crippen LogP contribution in [-0.2, 0) is 13.6 Å². The van der Waals surface area contributed by atoms with E-state index in [1.165, 1.54) is 32.1 Å². The van der Waals surface area contributed by atoms with E-state index in [4.69, 9.17) is 9.05 Å². The molecule has 150 valence electrons. The normalized spacial score (nSPS) is 32.2. The highest BCUT2D eigenvalue weighted by Gasteiger charge is 2.44. The molecule has 5 nitrogen and oxygen atoms in total. The van der Waals surface area contributed by atoms with Crippen LogP contribution in [0.3, 0.4) is 0 Å². The summed E-state index contributed by atoms with van der Waals surface area (Å²) >= 11 is 0. The summed E-state index contributed by atoms with van der Waals surface area (Å²) in [5.41, 5.74) is 1.75. The first-order valence-electron chi connectivity index (χ1n) is 10.4. The summed E-state index contributed by atoms with van der Waals surface area (Å²) in [5.74, 6) is 3.77. The Morgan fingerprint density at radius 2 is 1.58 bits per heavy atom. The van der Waals surface area contributed by atoms with E-state index in [0.29, 0.717) is 6.61 Å². The maximum Gasteiger partial charge on any atom is 0.472 e. The monoisotopic (exact) mass is 385 g/mol. The average Bonchev–Trinajstić information content (AvgIpc) is 2.56. The molecule has 4 rings (SSSR count). The van der Waals surface area contributed by atoms with Gasteiger partial charge in [0.05, 0.1) is 13.2 Å². The van der Waals surface area contributed by atoms with Crippen LogP contribution in [-0.4, -0.2) is 43.6 Å². The zero-order valence-corrected chi connectivity index (χ0v) is 17.3. The van der Waals surface area contributed by atoms with Crippen LogP contribution < -0.4 is 0 Å². The van der Waals surface area contributed by atoms with E-state index in [-0.39, 0.29) is 6.61 Å². The second kappa shape index (κ2) is 9.34. The standard InChI is InChI=1S/C20H36NO4P/c1-21(2)8-6-10-25-26(22,23)24-9-5-3-4-7-20-18-12-16-11-17(14-18)15-19(20)13-16/h7,16-19H,3-6,8-15H2,1-2H3,(H,22,23). The van der Waals surface area contributed by atoms with Gasteiger partial charge in [0.25, 0.3) is 0 Å². The zero-order chi connectivity index (χ0) is 18.6. The number of nitrogens with zero attached hydrogens (tertiary/aromatic N) is 1. The fourth-order valence-electron chi connectivity index (χ4n) is 5.35. The Balaban J connectivity index is 1.28. The van der Waals surface area contributed by atoms with Gasteiger partial charge < -0.3 is 9.79 Å². The lowest BCUT2D eigenvalue weighted by atomic mass is 9.54. The molecule has 0 aromatic rings. The minimum absolute atomic E-state index is 0.253. The van der Waals surface area contributed by atoms with Crippen molar-refractivity contribution in [3.8, 4) is 0 Å². The summed E-state index contributed by atoms with van der Waals surface area (Å²) in [7, 11) is 0.0527. The van der Waals surface area contributed by atoms with Crippen molar-refractivity contribution in [2.45, 2.75) is 57.8 Å². The highest BCUT2D eigenvalue weighted by molar-refractivity contribution is 7.47. The van der Waals surface area contributed by atoms with E-state index >= 15 is 0 Å². The molecule has 4 saturated carbocycles. The first-order chi connectivity index (χ1) is 12.4. The maximum atomic E-state index is 11.8. The topological polar surface area (TPSA) is 59.0 Å². The molecule has 1 atom stereocenters. The van der Waals surface area contributed by atoms with E-state index in [0.717, 1.165) is 55.9 Å². The Bertz CT molecular complexity index is 504. The molecule has 0 radical (unpaired) electrons. The fraction of sp³-hybridized carbons (Fsp3) is 0.900. The molecule has 0 aliphatic heterocycles. The van der Waals surface area contributed by atoms with E-state index in [1.54, 1.807) is 5.57 Å². The highest BCUT2D eigenvalue weighted by atomic mass is 31.2. The van der Waals surface area contributed by atoms with Crippen molar-refractivity contribution < 1.29 is 18.5 Å². The number of phosphoric acid groups is 1. The molecule has 6 heteroatoms. The van der Waals surface area contributed by atoms with Crippen molar-refractivity contribution in [3.63, 3.8) is 0 Å². The summed E-state index contributed by atoms with van der Waals surface area (Å²) in [6.07, 6.45) is 13.3. The second-order valence-corrected chi connectivity index (χ2v) is 10.2. The fourth-order valence-corrected chi connectivity index (χ4v) is 6.15. The summed E-state index contributed by atoms with van der Waals surface area (Å²) in [5, 5.41) is 0. The van der Waals surface area contributed by atoms with E-state index in [2.05, 4.69) is 6.08 Å². The lowest BCUT2D eigenvalue weighted by Crippen LogP contribution is -2.40. The molecule has 0 saturated heterocycles. The van der Waals surface area contributed by atoms with Crippen molar-refractivity contribution in [3.05, 3.63) is 11.6 Å². The van der Waals surface area contributed by atoms with Crippen LogP contribution >= 0.6 is 7.82 Å². The van der Waals surface area contributed by atoms with Crippen LogP contribution in [0.15, 0.2) is 11.6 Å². The van der Waals surface area contributed by atoms with Crippen LogP contribution in [0.2, 0.25) is 0 Å². The molecule has 1 N–H and O–H groups in total. The minimum Gasteiger partial charge on any atom is -0.309 e. The quantitative estimate of drug-likeness (QED) is 0.319. The average molecular weight is 385 g/mol. The van der Waals surface area contributed by atoms with E-state index in [1.807, 2.05) is 19.0 Å². The second-order valence-electron chi connectivity index (χ2n) is 8.80.